The van der Waals surface area contributed by atoms with Crippen LogP contribution in [0, 0.1) is 11.6 Å². The SMILES string of the molecule is O=C(COC(=O)c1ccc2c(c1)OCCO2)Nc1ccc(F)c(F)c1. The number of halogens is 2. The van der Waals surface area contributed by atoms with E-state index >= 15 is 0 Å². The van der Waals surface area contributed by atoms with Crippen LogP contribution in [-0.4, -0.2) is 31.7 Å². The van der Waals surface area contributed by atoms with Gasteiger partial charge in [0.1, 0.15) is 13.2 Å². The molecule has 0 saturated carbocycles. The summed E-state index contributed by atoms with van der Waals surface area (Å²) in [6.45, 7) is 0.231. The van der Waals surface area contributed by atoms with Gasteiger partial charge in [-0.05, 0) is 30.3 Å². The second-order valence-corrected chi connectivity index (χ2v) is 5.11. The average Bonchev–Trinajstić information content (AvgIpc) is 2.62. The summed E-state index contributed by atoms with van der Waals surface area (Å²) < 4.78 is 41.5. The van der Waals surface area contributed by atoms with E-state index in [2.05, 4.69) is 5.32 Å². The second kappa shape index (κ2) is 7.16. The van der Waals surface area contributed by atoms with Crippen LogP contribution in [0.4, 0.5) is 14.5 Å². The van der Waals surface area contributed by atoms with E-state index in [4.69, 9.17) is 14.2 Å². The van der Waals surface area contributed by atoms with Crippen molar-refractivity contribution in [2.45, 2.75) is 0 Å². The Morgan fingerprint density at radius 2 is 1.76 bits per heavy atom. The second-order valence-electron chi connectivity index (χ2n) is 5.11. The predicted octanol–water partition coefficient (Wildman–Crippen LogP) is 2.53. The maximum Gasteiger partial charge on any atom is 0.338 e. The summed E-state index contributed by atoms with van der Waals surface area (Å²) >= 11 is 0. The van der Waals surface area contributed by atoms with Crippen molar-refractivity contribution >= 4 is 17.6 Å². The lowest BCUT2D eigenvalue weighted by Crippen LogP contribution is -2.21. The Labute approximate surface area is 141 Å². The van der Waals surface area contributed by atoms with Crippen LogP contribution in [0.15, 0.2) is 36.4 Å². The fraction of sp³-hybridized carbons (Fsp3) is 0.176. The summed E-state index contributed by atoms with van der Waals surface area (Å²) in [6, 6.07) is 7.43. The number of esters is 1. The zero-order valence-corrected chi connectivity index (χ0v) is 12.9. The first-order chi connectivity index (χ1) is 12.0. The molecule has 1 heterocycles. The van der Waals surface area contributed by atoms with Gasteiger partial charge >= 0.3 is 5.97 Å². The number of hydrogen-bond acceptors (Lipinski definition) is 5. The first kappa shape index (κ1) is 16.7. The van der Waals surface area contributed by atoms with Gasteiger partial charge in [0.15, 0.2) is 29.7 Å². The van der Waals surface area contributed by atoms with Gasteiger partial charge in [0.05, 0.1) is 5.56 Å². The van der Waals surface area contributed by atoms with Gasteiger partial charge in [-0.25, -0.2) is 13.6 Å². The van der Waals surface area contributed by atoms with Gasteiger partial charge < -0.3 is 19.5 Å². The maximum atomic E-state index is 13.1. The average molecular weight is 349 g/mol. The summed E-state index contributed by atoms with van der Waals surface area (Å²) in [5.74, 6) is -2.57. The zero-order valence-electron chi connectivity index (χ0n) is 12.9. The molecule has 6 nitrogen and oxygen atoms in total. The van der Waals surface area contributed by atoms with Crippen LogP contribution in [0.25, 0.3) is 0 Å². The first-order valence-corrected chi connectivity index (χ1v) is 7.34. The molecule has 1 N–H and O–H groups in total. The molecule has 1 amide bonds. The molecule has 130 valence electrons. The van der Waals surface area contributed by atoms with Gasteiger partial charge in [0, 0.05) is 11.8 Å². The minimum atomic E-state index is -1.09. The Hall–Kier alpha value is -3.16. The van der Waals surface area contributed by atoms with E-state index in [1.54, 1.807) is 6.07 Å². The van der Waals surface area contributed by atoms with Gasteiger partial charge in [-0.2, -0.15) is 0 Å². The van der Waals surface area contributed by atoms with E-state index in [0.717, 1.165) is 12.1 Å². The third kappa shape index (κ3) is 4.03. The molecule has 0 unspecified atom stereocenters. The molecule has 2 aromatic carbocycles. The summed E-state index contributed by atoms with van der Waals surface area (Å²) in [4.78, 5) is 23.7. The van der Waals surface area contributed by atoms with Crippen molar-refractivity contribution in [2.24, 2.45) is 0 Å². The molecular formula is C17H13F2NO5. The van der Waals surface area contributed by atoms with Crippen LogP contribution in [0.2, 0.25) is 0 Å². The van der Waals surface area contributed by atoms with Crippen molar-refractivity contribution in [1.82, 2.24) is 0 Å². The molecule has 1 aliphatic rings. The number of nitrogens with one attached hydrogen (secondary N) is 1. The third-order valence-corrected chi connectivity index (χ3v) is 3.32. The zero-order chi connectivity index (χ0) is 17.8. The molecular weight excluding hydrogens is 336 g/mol. The number of benzene rings is 2. The molecule has 0 atom stereocenters. The fourth-order valence-electron chi connectivity index (χ4n) is 2.16. The number of hydrogen-bond donors (Lipinski definition) is 1. The maximum absolute atomic E-state index is 13.1. The molecule has 8 heteroatoms. The highest BCUT2D eigenvalue weighted by Gasteiger charge is 2.17. The van der Waals surface area contributed by atoms with Gasteiger partial charge in [0.25, 0.3) is 5.91 Å². The van der Waals surface area contributed by atoms with Gasteiger partial charge in [0.2, 0.25) is 0 Å². The summed E-state index contributed by atoms with van der Waals surface area (Å²) in [6.07, 6.45) is 0. The van der Waals surface area contributed by atoms with E-state index in [0.29, 0.717) is 24.7 Å². The minimum Gasteiger partial charge on any atom is -0.486 e. The topological polar surface area (TPSA) is 73.9 Å². The molecule has 0 aromatic heterocycles. The van der Waals surface area contributed by atoms with Crippen LogP contribution in [0.3, 0.4) is 0 Å². The number of rotatable bonds is 4. The highest BCUT2D eigenvalue weighted by atomic mass is 19.2. The van der Waals surface area contributed by atoms with Crippen LogP contribution in [0.5, 0.6) is 11.5 Å². The summed E-state index contributed by atoms with van der Waals surface area (Å²) in [7, 11) is 0. The Morgan fingerprint density at radius 3 is 2.52 bits per heavy atom. The summed E-state index contributed by atoms with van der Waals surface area (Å²) in [5.41, 5.74) is 0.254. The largest absolute Gasteiger partial charge is 0.486 e. The van der Waals surface area contributed by atoms with Crippen molar-refractivity contribution in [2.75, 3.05) is 25.1 Å². The Balaban J connectivity index is 1.56. The third-order valence-electron chi connectivity index (χ3n) is 3.32. The van der Waals surface area contributed by atoms with E-state index in [-0.39, 0.29) is 11.3 Å². The Morgan fingerprint density at radius 1 is 1.00 bits per heavy atom. The van der Waals surface area contributed by atoms with Gasteiger partial charge in [-0.1, -0.05) is 0 Å². The number of ether oxygens (including phenoxy) is 3. The molecule has 0 fully saturated rings. The quantitative estimate of drug-likeness (QED) is 0.859. The lowest BCUT2D eigenvalue weighted by Gasteiger charge is -2.18. The van der Waals surface area contributed by atoms with Crippen LogP contribution in [0.1, 0.15) is 10.4 Å². The van der Waals surface area contributed by atoms with Gasteiger partial charge in [-0.3, -0.25) is 4.79 Å². The molecule has 0 saturated heterocycles. The van der Waals surface area contributed by atoms with E-state index in [1.807, 2.05) is 0 Å². The molecule has 0 bridgehead atoms. The normalized spacial score (nSPS) is 12.4. The van der Waals surface area contributed by atoms with Crippen molar-refractivity contribution in [3.63, 3.8) is 0 Å². The number of carbonyl (C=O) groups excluding carboxylic acids is 2. The number of fused-ring (bicyclic) bond motifs is 1. The van der Waals surface area contributed by atoms with Crippen LogP contribution in [-0.2, 0) is 9.53 Å². The van der Waals surface area contributed by atoms with Crippen molar-refractivity contribution in [1.29, 1.82) is 0 Å². The minimum absolute atomic E-state index is 0.0549. The lowest BCUT2D eigenvalue weighted by molar-refractivity contribution is -0.119. The standard InChI is InChI=1S/C17H13F2NO5/c18-12-3-2-11(8-13(12)19)20-16(21)9-25-17(22)10-1-4-14-15(7-10)24-6-5-23-14/h1-4,7-8H,5-6,9H2,(H,20,21). The highest BCUT2D eigenvalue weighted by molar-refractivity contribution is 5.95. The molecule has 1 aliphatic heterocycles. The number of carbonyl (C=O) groups is 2. The molecule has 0 radical (unpaired) electrons. The van der Waals surface area contributed by atoms with Crippen LogP contribution >= 0.6 is 0 Å². The Bertz CT molecular complexity index is 825. The Kier molecular flexibility index (Phi) is 4.78. The first-order valence-electron chi connectivity index (χ1n) is 7.34. The summed E-state index contributed by atoms with van der Waals surface area (Å²) in [5, 5.41) is 2.30. The van der Waals surface area contributed by atoms with Crippen LogP contribution < -0.4 is 14.8 Å². The monoisotopic (exact) mass is 349 g/mol. The van der Waals surface area contributed by atoms with E-state index in [1.165, 1.54) is 18.2 Å². The van der Waals surface area contributed by atoms with Gasteiger partial charge in [-0.15, -0.1) is 0 Å². The van der Waals surface area contributed by atoms with Crippen molar-refractivity contribution in [3.05, 3.63) is 53.6 Å². The predicted molar refractivity (Wildman–Crippen MR) is 82.7 cm³/mol. The van der Waals surface area contributed by atoms with E-state index in [9.17, 15) is 18.4 Å². The number of amides is 1. The lowest BCUT2D eigenvalue weighted by atomic mass is 10.2. The molecule has 0 spiro atoms. The number of anilines is 1. The smallest absolute Gasteiger partial charge is 0.338 e. The molecule has 25 heavy (non-hydrogen) atoms. The molecule has 2 aromatic rings. The van der Waals surface area contributed by atoms with E-state index < -0.39 is 30.1 Å². The molecule has 0 aliphatic carbocycles. The fourth-order valence-corrected chi connectivity index (χ4v) is 2.16. The molecule has 3 rings (SSSR count). The highest BCUT2D eigenvalue weighted by Crippen LogP contribution is 2.30. The van der Waals surface area contributed by atoms with Crippen molar-refractivity contribution in [3.8, 4) is 11.5 Å². The van der Waals surface area contributed by atoms with Crippen molar-refractivity contribution < 1.29 is 32.6 Å².